The molecule has 3 atom stereocenters. The molecule has 0 unspecified atom stereocenters. The Hall–Kier alpha value is -3.01. The predicted octanol–water partition coefficient (Wildman–Crippen LogP) is 8.48. The average Bonchev–Trinajstić information content (AvgIpc) is 3.24. The normalized spacial score (nSPS) is 19.9. The van der Waals surface area contributed by atoms with Crippen molar-refractivity contribution in [2.24, 2.45) is 11.8 Å². The van der Waals surface area contributed by atoms with Crippen LogP contribution < -0.4 is 0 Å². The lowest BCUT2D eigenvalue weighted by Crippen LogP contribution is -2.50. The van der Waals surface area contributed by atoms with Crippen LogP contribution in [0.25, 0.3) is 5.57 Å². The highest BCUT2D eigenvalue weighted by Crippen LogP contribution is 2.51. The molecule has 2 aliphatic heterocycles. The van der Waals surface area contributed by atoms with Gasteiger partial charge in [-0.2, -0.15) is 0 Å². The number of carbonyl (C=O) groups excluding carboxylic acids is 2. The largest absolute Gasteiger partial charge is 0.466 e. The van der Waals surface area contributed by atoms with Crippen molar-refractivity contribution in [1.82, 2.24) is 4.90 Å². The molecule has 10 heteroatoms. The van der Waals surface area contributed by atoms with E-state index in [0.29, 0.717) is 40.0 Å². The number of amides is 1. The van der Waals surface area contributed by atoms with Crippen molar-refractivity contribution >= 4 is 48.7 Å². The van der Waals surface area contributed by atoms with Crippen molar-refractivity contribution < 1.29 is 28.6 Å². The van der Waals surface area contributed by atoms with Gasteiger partial charge in [0, 0.05) is 36.9 Å². The van der Waals surface area contributed by atoms with Crippen molar-refractivity contribution in [3.63, 3.8) is 0 Å². The number of nitrogens with zero attached hydrogens (tertiary/aromatic N) is 1. The van der Waals surface area contributed by atoms with Crippen LogP contribution in [0.15, 0.2) is 67.2 Å². The highest BCUT2D eigenvalue weighted by Gasteiger charge is 2.56. The summed E-state index contributed by atoms with van der Waals surface area (Å²) in [7, 11) is -1.50. The van der Waals surface area contributed by atoms with Gasteiger partial charge in [-0.05, 0) is 84.8 Å². The van der Waals surface area contributed by atoms with Crippen molar-refractivity contribution in [3.05, 3.63) is 111 Å². The third-order valence-electron chi connectivity index (χ3n) is 9.00. The summed E-state index contributed by atoms with van der Waals surface area (Å²) in [4.78, 5) is 29.5. The first kappa shape index (κ1) is 34.3. The van der Waals surface area contributed by atoms with Gasteiger partial charge in [0.1, 0.15) is 5.82 Å². The highest BCUT2D eigenvalue weighted by molar-refractivity contribution is 6.76. The molecule has 0 bridgehead atoms. The molecule has 244 valence electrons. The van der Waals surface area contributed by atoms with Gasteiger partial charge < -0.3 is 14.6 Å². The molecule has 1 N–H and O–H groups in total. The standard InChI is InChI=1S/C36H40Cl2FNO5Si/c1-22(24-14-16-44-17-15-24)26-20-30-32(31(39)21-26)36(43,27-8-12-29(38)13-9-27)40(34(30)41)33(25-6-10-28(37)11-7-25)23(2)35(42)45-18-19-46(3,4)5/h6-13,20-21,23-24,33,43H,1,14-19H2,2-5H3/t23-,33-,36+/m0/s1. The topological polar surface area (TPSA) is 76.1 Å². The van der Waals surface area contributed by atoms with Crippen LogP contribution in [-0.2, 0) is 20.0 Å². The van der Waals surface area contributed by atoms with E-state index >= 15 is 4.39 Å². The molecule has 3 aromatic rings. The zero-order valence-electron chi connectivity index (χ0n) is 26.6. The van der Waals surface area contributed by atoms with E-state index in [2.05, 4.69) is 26.2 Å². The number of aliphatic hydroxyl groups is 1. The second-order valence-corrected chi connectivity index (χ2v) is 19.9. The molecule has 2 aliphatic rings. The second-order valence-electron chi connectivity index (χ2n) is 13.4. The number of halogens is 3. The number of esters is 1. The van der Waals surface area contributed by atoms with Crippen molar-refractivity contribution in [3.8, 4) is 0 Å². The molecule has 46 heavy (non-hydrogen) atoms. The molecule has 5 rings (SSSR count). The molecule has 3 aromatic carbocycles. The molecule has 1 saturated heterocycles. The summed E-state index contributed by atoms with van der Waals surface area (Å²) < 4.78 is 27.7. The maximum Gasteiger partial charge on any atom is 0.311 e. The molecule has 6 nitrogen and oxygen atoms in total. The fraction of sp³-hybridized carbons (Fsp3) is 0.389. The average molecular weight is 685 g/mol. The predicted molar refractivity (Wildman–Crippen MR) is 182 cm³/mol. The maximum absolute atomic E-state index is 16.5. The van der Waals surface area contributed by atoms with Crippen LogP contribution in [0.2, 0.25) is 35.7 Å². The number of hydrogen-bond donors (Lipinski definition) is 1. The molecule has 2 heterocycles. The molecular weight excluding hydrogens is 644 g/mol. The van der Waals surface area contributed by atoms with Gasteiger partial charge in [0.15, 0.2) is 5.72 Å². The summed E-state index contributed by atoms with van der Waals surface area (Å²) in [5, 5.41) is 13.7. The quantitative estimate of drug-likeness (QED) is 0.171. The lowest BCUT2D eigenvalue weighted by atomic mass is 9.85. The summed E-state index contributed by atoms with van der Waals surface area (Å²) in [6.07, 6.45) is 1.48. The van der Waals surface area contributed by atoms with Crippen LogP contribution in [0.3, 0.4) is 0 Å². The fourth-order valence-electron chi connectivity index (χ4n) is 6.33. The van der Waals surface area contributed by atoms with Crippen LogP contribution in [0.4, 0.5) is 4.39 Å². The first-order chi connectivity index (χ1) is 21.7. The summed E-state index contributed by atoms with van der Waals surface area (Å²) in [6.45, 7) is 13.9. The van der Waals surface area contributed by atoms with Gasteiger partial charge in [0.2, 0.25) is 0 Å². The van der Waals surface area contributed by atoms with E-state index in [1.807, 2.05) is 0 Å². The molecule has 0 radical (unpaired) electrons. The first-order valence-electron chi connectivity index (χ1n) is 15.6. The van der Waals surface area contributed by atoms with Gasteiger partial charge in [-0.15, -0.1) is 0 Å². The maximum atomic E-state index is 16.5. The number of rotatable bonds is 10. The van der Waals surface area contributed by atoms with E-state index in [4.69, 9.17) is 32.7 Å². The van der Waals surface area contributed by atoms with Crippen molar-refractivity contribution in [1.29, 1.82) is 0 Å². The van der Waals surface area contributed by atoms with Gasteiger partial charge in [0.25, 0.3) is 5.91 Å². The number of fused-ring (bicyclic) bond motifs is 1. The van der Waals surface area contributed by atoms with Gasteiger partial charge in [-0.1, -0.05) is 73.7 Å². The number of carbonyl (C=O) groups is 2. The third-order valence-corrected chi connectivity index (χ3v) is 11.2. The lowest BCUT2D eigenvalue weighted by Gasteiger charge is -2.42. The van der Waals surface area contributed by atoms with Crippen molar-refractivity contribution in [2.75, 3.05) is 19.8 Å². The Morgan fingerprint density at radius 3 is 2.26 bits per heavy atom. The summed E-state index contributed by atoms with van der Waals surface area (Å²) in [6, 6.07) is 15.6. The Labute approximate surface area is 281 Å². The van der Waals surface area contributed by atoms with Crippen LogP contribution in [0.1, 0.15) is 58.4 Å². The minimum atomic E-state index is -2.29. The number of benzene rings is 3. The molecule has 0 spiro atoms. The molecule has 0 aromatic heterocycles. The zero-order chi connectivity index (χ0) is 33.4. The summed E-state index contributed by atoms with van der Waals surface area (Å²) in [5.41, 5.74) is -0.548. The Balaban J connectivity index is 1.66. The number of ether oxygens (including phenoxy) is 2. The van der Waals surface area contributed by atoms with Gasteiger partial charge in [-0.25, -0.2) is 4.39 Å². The Kier molecular flexibility index (Phi) is 10.2. The van der Waals surface area contributed by atoms with Gasteiger partial charge in [0.05, 0.1) is 29.7 Å². The highest BCUT2D eigenvalue weighted by atomic mass is 35.5. The second kappa shape index (κ2) is 13.6. The van der Waals surface area contributed by atoms with E-state index in [1.165, 1.54) is 11.0 Å². The SMILES string of the molecule is C=C(c1cc(F)c2c(c1)C(=O)N([C@H](c1ccc(Cl)cc1)[C@H](C)C(=O)OCC[Si](C)(C)C)[C@@]2(O)c1ccc(Cl)cc1)C1CCOCC1. The molecule has 1 amide bonds. The Morgan fingerprint density at radius 1 is 1.09 bits per heavy atom. The van der Waals surface area contributed by atoms with E-state index < -0.39 is 43.5 Å². The molecule has 0 saturated carbocycles. The minimum absolute atomic E-state index is 0.000997. The van der Waals surface area contributed by atoms with E-state index in [-0.39, 0.29) is 29.2 Å². The zero-order valence-corrected chi connectivity index (χ0v) is 29.1. The summed E-state index contributed by atoms with van der Waals surface area (Å²) >= 11 is 12.4. The minimum Gasteiger partial charge on any atom is -0.466 e. The summed E-state index contributed by atoms with van der Waals surface area (Å²) in [5.74, 6) is -2.79. The van der Waals surface area contributed by atoms with Crippen LogP contribution in [0, 0.1) is 17.7 Å². The fourth-order valence-corrected chi connectivity index (χ4v) is 7.29. The monoisotopic (exact) mass is 683 g/mol. The van der Waals surface area contributed by atoms with E-state index in [1.54, 1.807) is 61.5 Å². The first-order valence-corrected chi connectivity index (χ1v) is 20.0. The Morgan fingerprint density at radius 2 is 1.67 bits per heavy atom. The number of allylic oxidation sites excluding steroid dienone is 1. The molecule has 0 aliphatic carbocycles. The van der Waals surface area contributed by atoms with Crippen LogP contribution in [0.5, 0.6) is 0 Å². The van der Waals surface area contributed by atoms with E-state index in [9.17, 15) is 14.7 Å². The smallest absolute Gasteiger partial charge is 0.311 e. The third kappa shape index (κ3) is 6.83. The van der Waals surface area contributed by atoms with Crippen LogP contribution in [-0.4, -0.2) is 49.8 Å². The van der Waals surface area contributed by atoms with Crippen molar-refractivity contribution in [2.45, 2.75) is 57.2 Å². The van der Waals surface area contributed by atoms with Crippen LogP contribution >= 0.6 is 23.2 Å². The molecule has 1 fully saturated rings. The molecular formula is C36H40Cl2FNO5Si. The van der Waals surface area contributed by atoms with Gasteiger partial charge >= 0.3 is 5.97 Å². The van der Waals surface area contributed by atoms with Gasteiger partial charge in [-0.3, -0.25) is 14.5 Å². The Bertz CT molecular complexity index is 1620. The number of hydrogen-bond acceptors (Lipinski definition) is 5. The lowest BCUT2D eigenvalue weighted by molar-refractivity contribution is -0.153. The van der Waals surface area contributed by atoms with E-state index in [0.717, 1.165) is 18.9 Å².